The van der Waals surface area contributed by atoms with Gasteiger partial charge >= 0.3 is 6.36 Å². The van der Waals surface area contributed by atoms with E-state index in [1.165, 1.54) is 0 Å². The van der Waals surface area contributed by atoms with Crippen LogP contribution >= 0.6 is 0 Å². The normalized spacial score (nSPS) is 11.9. The summed E-state index contributed by atoms with van der Waals surface area (Å²) in [6.07, 6.45) is -8.10. The molecular formula is C7H6F5N3O. The van der Waals surface area contributed by atoms with Gasteiger partial charge in [-0.25, -0.2) is 8.78 Å². The van der Waals surface area contributed by atoms with Crippen molar-refractivity contribution in [2.75, 3.05) is 11.5 Å². The Kier molecular flexibility index (Phi) is 3.06. The molecule has 9 heteroatoms. The minimum Gasteiger partial charge on any atom is -0.395 e. The summed E-state index contributed by atoms with van der Waals surface area (Å²) in [5, 5.41) is 0. The third-order valence-electron chi connectivity index (χ3n) is 1.55. The first-order valence-corrected chi connectivity index (χ1v) is 3.80. The molecule has 0 aliphatic heterocycles. The average molecular weight is 243 g/mol. The molecule has 0 atom stereocenters. The van der Waals surface area contributed by atoms with Crippen LogP contribution in [0.2, 0.25) is 0 Å². The third-order valence-corrected chi connectivity index (χ3v) is 1.55. The van der Waals surface area contributed by atoms with E-state index in [2.05, 4.69) is 9.72 Å². The number of anilines is 2. The van der Waals surface area contributed by atoms with E-state index in [1.807, 2.05) is 0 Å². The predicted molar refractivity (Wildman–Crippen MR) is 44.7 cm³/mol. The Labute approximate surface area is 86.0 Å². The lowest BCUT2D eigenvalue weighted by Gasteiger charge is -2.12. The van der Waals surface area contributed by atoms with Gasteiger partial charge in [0.15, 0.2) is 5.82 Å². The third kappa shape index (κ3) is 2.84. The first-order chi connectivity index (χ1) is 7.20. The summed E-state index contributed by atoms with van der Waals surface area (Å²) in [4.78, 5) is 3.08. The number of nitrogens with zero attached hydrogens (tertiary/aromatic N) is 1. The number of halogens is 5. The number of aromatic nitrogens is 1. The summed E-state index contributed by atoms with van der Waals surface area (Å²) in [5.74, 6) is -1.72. The zero-order valence-corrected chi connectivity index (χ0v) is 7.55. The standard InChI is InChI=1S/C7H6F5N3O/c8-5(9)2-1-3(16-7(10,11)12)15-6(14)4(2)13/h1,5H,13H2,(H2,14,15). The van der Waals surface area contributed by atoms with E-state index in [-0.39, 0.29) is 0 Å². The summed E-state index contributed by atoms with van der Waals surface area (Å²) in [6, 6.07) is 0.393. The number of hydrogen-bond acceptors (Lipinski definition) is 4. The molecule has 0 saturated heterocycles. The molecule has 1 aromatic rings. The molecule has 0 spiro atoms. The second-order valence-corrected chi connectivity index (χ2v) is 2.70. The van der Waals surface area contributed by atoms with E-state index in [0.29, 0.717) is 6.07 Å². The quantitative estimate of drug-likeness (QED) is 0.780. The fraction of sp³-hybridized carbons (Fsp3) is 0.286. The maximum atomic E-state index is 12.3. The molecule has 0 aliphatic rings. The summed E-state index contributed by atoms with van der Waals surface area (Å²) in [7, 11) is 0. The van der Waals surface area contributed by atoms with Crippen LogP contribution in [-0.2, 0) is 0 Å². The molecule has 4 N–H and O–H groups in total. The minimum absolute atomic E-state index is 0.393. The number of nitrogens with two attached hydrogens (primary N) is 2. The van der Waals surface area contributed by atoms with Crippen molar-refractivity contribution in [2.24, 2.45) is 0 Å². The first-order valence-electron chi connectivity index (χ1n) is 3.80. The highest BCUT2D eigenvalue weighted by Crippen LogP contribution is 2.32. The molecule has 0 aromatic carbocycles. The van der Waals surface area contributed by atoms with Crippen molar-refractivity contribution in [2.45, 2.75) is 12.8 Å². The van der Waals surface area contributed by atoms with Gasteiger partial charge in [-0.1, -0.05) is 0 Å². The van der Waals surface area contributed by atoms with Crippen molar-refractivity contribution in [3.63, 3.8) is 0 Å². The van der Waals surface area contributed by atoms with E-state index in [9.17, 15) is 22.0 Å². The highest BCUT2D eigenvalue weighted by molar-refractivity contribution is 5.64. The Hall–Kier alpha value is -1.80. The van der Waals surface area contributed by atoms with E-state index >= 15 is 0 Å². The van der Waals surface area contributed by atoms with Gasteiger partial charge in [-0.05, 0) is 0 Å². The van der Waals surface area contributed by atoms with Crippen molar-refractivity contribution in [3.05, 3.63) is 11.6 Å². The van der Waals surface area contributed by atoms with Crippen molar-refractivity contribution < 1.29 is 26.7 Å². The van der Waals surface area contributed by atoms with Crippen LogP contribution < -0.4 is 16.2 Å². The van der Waals surface area contributed by atoms with Crippen LogP contribution in [0.3, 0.4) is 0 Å². The first kappa shape index (κ1) is 12.3. The Morgan fingerprint density at radius 1 is 1.25 bits per heavy atom. The van der Waals surface area contributed by atoms with Crippen LogP contribution in [0.4, 0.5) is 33.5 Å². The summed E-state index contributed by atoms with van der Waals surface area (Å²) in [5.41, 5.74) is 8.75. The maximum absolute atomic E-state index is 12.3. The van der Waals surface area contributed by atoms with E-state index < -0.39 is 35.7 Å². The molecule has 0 saturated carbocycles. The van der Waals surface area contributed by atoms with Gasteiger partial charge in [0.1, 0.15) is 0 Å². The summed E-state index contributed by atoms with van der Waals surface area (Å²) < 4.78 is 63.3. The molecule has 1 heterocycles. The lowest BCUT2D eigenvalue weighted by molar-refractivity contribution is -0.276. The second kappa shape index (κ2) is 3.99. The van der Waals surface area contributed by atoms with Crippen LogP contribution in [0.25, 0.3) is 0 Å². The maximum Gasteiger partial charge on any atom is 0.574 e. The SMILES string of the molecule is Nc1nc(OC(F)(F)F)cc(C(F)F)c1N. The molecule has 0 bridgehead atoms. The van der Waals surface area contributed by atoms with Crippen molar-refractivity contribution in [3.8, 4) is 5.88 Å². The fourth-order valence-corrected chi connectivity index (χ4v) is 0.921. The van der Waals surface area contributed by atoms with Crippen LogP contribution in [0.1, 0.15) is 12.0 Å². The van der Waals surface area contributed by atoms with Gasteiger partial charge in [0.2, 0.25) is 5.88 Å². The molecule has 4 nitrogen and oxygen atoms in total. The van der Waals surface area contributed by atoms with Crippen LogP contribution in [0.15, 0.2) is 6.07 Å². The lowest BCUT2D eigenvalue weighted by Crippen LogP contribution is -2.19. The number of hydrogen-bond donors (Lipinski definition) is 2. The molecule has 0 fully saturated rings. The fourth-order valence-electron chi connectivity index (χ4n) is 0.921. The highest BCUT2D eigenvalue weighted by Gasteiger charge is 2.32. The Morgan fingerprint density at radius 3 is 2.25 bits per heavy atom. The van der Waals surface area contributed by atoms with Crippen LogP contribution in [-0.4, -0.2) is 11.3 Å². The molecule has 1 rings (SSSR count). The zero-order valence-electron chi connectivity index (χ0n) is 7.55. The summed E-state index contributed by atoms with van der Waals surface area (Å²) in [6.45, 7) is 0. The van der Waals surface area contributed by atoms with E-state index in [4.69, 9.17) is 11.5 Å². The average Bonchev–Trinajstić information content (AvgIpc) is 2.07. The topological polar surface area (TPSA) is 74.2 Å². The molecule has 0 amide bonds. The number of nitrogen functional groups attached to an aromatic ring is 2. The van der Waals surface area contributed by atoms with Gasteiger partial charge in [0.25, 0.3) is 6.43 Å². The van der Waals surface area contributed by atoms with E-state index in [0.717, 1.165) is 0 Å². The largest absolute Gasteiger partial charge is 0.574 e. The molecule has 16 heavy (non-hydrogen) atoms. The van der Waals surface area contributed by atoms with Gasteiger partial charge in [-0.3, -0.25) is 0 Å². The lowest BCUT2D eigenvalue weighted by atomic mass is 10.2. The monoisotopic (exact) mass is 243 g/mol. The number of pyridine rings is 1. The molecule has 0 aliphatic carbocycles. The Balaban J connectivity index is 3.14. The van der Waals surface area contributed by atoms with Gasteiger partial charge in [-0.15, -0.1) is 13.2 Å². The molecule has 0 unspecified atom stereocenters. The number of rotatable bonds is 2. The number of ether oxygens (including phenoxy) is 1. The van der Waals surface area contributed by atoms with Gasteiger partial charge in [0.05, 0.1) is 5.69 Å². The summed E-state index contributed by atoms with van der Waals surface area (Å²) >= 11 is 0. The molecule has 90 valence electrons. The number of alkyl halides is 5. The van der Waals surface area contributed by atoms with Gasteiger partial charge < -0.3 is 16.2 Å². The Bertz CT molecular complexity index is 392. The Morgan fingerprint density at radius 2 is 1.81 bits per heavy atom. The van der Waals surface area contributed by atoms with Crippen molar-refractivity contribution in [1.82, 2.24) is 4.98 Å². The zero-order chi connectivity index (χ0) is 12.5. The smallest absolute Gasteiger partial charge is 0.395 e. The van der Waals surface area contributed by atoms with E-state index in [1.54, 1.807) is 0 Å². The molecular weight excluding hydrogens is 237 g/mol. The van der Waals surface area contributed by atoms with Crippen molar-refractivity contribution in [1.29, 1.82) is 0 Å². The highest BCUT2D eigenvalue weighted by atomic mass is 19.4. The minimum atomic E-state index is -5.03. The molecule has 0 radical (unpaired) electrons. The van der Waals surface area contributed by atoms with Gasteiger partial charge in [0, 0.05) is 11.6 Å². The van der Waals surface area contributed by atoms with Crippen LogP contribution in [0, 0.1) is 0 Å². The van der Waals surface area contributed by atoms with Gasteiger partial charge in [-0.2, -0.15) is 4.98 Å². The van der Waals surface area contributed by atoms with Crippen LogP contribution in [0.5, 0.6) is 5.88 Å². The predicted octanol–water partition coefficient (Wildman–Crippen LogP) is 2.08. The molecule has 1 aromatic heterocycles. The second-order valence-electron chi connectivity index (χ2n) is 2.70. The van der Waals surface area contributed by atoms with Crippen molar-refractivity contribution >= 4 is 11.5 Å².